The van der Waals surface area contributed by atoms with Crippen LogP contribution in [-0.4, -0.2) is 48.1 Å². The standard InChI is InChI=1S/C13H28N2S/c1-12(2,3)14-10-13(4,5)11-15-6-8-16-9-7-15/h14H,6-11H2,1-5H3. The van der Waals surface area contributed by atoms with E-state index in [2.05, 4.69) is 56.6 Å². The first-order chi connectivity index (χ1) is 7.29. The molecular weight excluding hydrogens is 216 g/mol. The highest BCUT2D eigenvalue weighted by Crippen LogP contribution is 2.20. The van der Waals surface area contributed by atoms with E-state index in [0.29, 0.717) is 5.41 Å². The van der Waals surface area contributed by atoms with Gasteiger partial charge in [0.1, 0.15) is 0 Å². The quantitative estimate of drug-likeness (QED) is 0.818. The third-order valence-corrected chi connectivity index (χ3v) is 3.80. The first-order valence-corrected chi connectivity index (χ1v) is 7.49. The molecule has 1 heterocycles. The van der Waals surface area contributed by atoms with Gasteiger partial charge in [0.25, 0.3) is 0 Å². The van der Waals surface area contributed by atoms with Gasteiger partial charge in [0, 0.05) is 43.2 Å². The van der Waals surface area contributed by atoms with Crippen molar-refractivity contribution in [2.45, 2.75) is 40.2 Å². The summed E-state index contributed by atoms with van der Waals surface area (Å²) in [5, 5.41) is 3.62. The molecule has 0 atom stereocenters. The SMILES string of the molecule is CC(C)(CNC(C)(C)C)CN1CCSCC1. The monoisotopic (exact) mass is 244 g/mol. The lowest BCUT2D eigenvalue weighted by Crippen LogP contribution is -2.47. The zero-order valence-corrected chi connectivity index (χ0v) is 12.4. The third-order valence-electron chi connectivity index (χ3n) is 2.85. The van der Waals surface area contributed by atoms with Crippen molar-refractivity contribution >= 4 is 11.8 Å². The maximum Gasteiger partial charge on any atom is 0.00967 e. The molecule has 0 aliphatic carbocycles. The van der Waals surface area contributed by atoms with Gasteiger partial charge in [0.15, 0.2) is 0 Å². The van der Waals surface area contributed by atoms with Crippen molar-refractivity contribution in [1.29, 1.82) is 0 Å². The number of rotatable bonds is 4. The fourth-order valence-electron chi connectivity index (χ4n) is 1.92. The lowest BCUT2D eigenvalue weighted by atomic mass is 9.91. The van der Waals surface area contributed by atoms with Gasteiger partial charge >= 0.3 is 0 Å². The molecule has 16 heavy (non-hydrogen) atoms. The minimum absolute atomic E-state index is 0.231. The second-order valence-electron chi connectivity index (χ2n) is 6.66. The van der Waals surface area contributed by atoms with E-state index in [1.165, 1.54) is 31.1 Å². The molecule has 1 saturated heterocycles. The topological polar surface area (TPSA) is 15.3 Å². The van der Waals surface area contributed by atoms with E-state index in [4.69, 9.17) is 0 Å². The average molecular weight is 244 g/mol. The predicted octanol–water partition coefficient (Wildman–Crippen LogP) is 2.45. The maximum absolute atomic E-state index is 3.62. The molecule has 0 bridgehead atoms. The van der Waals surface area contributed by atoms with Gasteiger partial charge in [0.05, 0.1) is 0 Å². The molecular formula is C13H28N2S. The molecule has 3 heteroatoms. The number of nitrogens with zero attached hydrogens (tertiary/aromatic N) is 1. The van der Waals surface area contributed by atoms with Crippen LogP contribution < -0.4 is 5.32 Å². The molecule has 0 radical (unpaired) electrons. The first kappa shape index (κ1) is 14.3. The van der Waals surface area contributed by atoms with Crippen LogP contribution in [0.15, 0.2) is 0 Å². The Hall–Kier alpha value is 0.270. The zero-order chi connectivity index (χ0) is 12.2. The second kappa shape index (κ2) is 5.74. The summed E-state index contributed by atoms with van der Waals surface area (Å²) in [5.74, 6) is 2.62. The second-order valence-corrected chi connectivity index (χ2v) is 7.88. The van der Waals surface area contributed by atoms with Crippen molar-refractivity contribution in [3.63, 3.8) is 0 Å². The van der Waals surface area contributed by atoms with E-state index in [9.17, 15) is 0 Å². The molecule has 0 aromatic rings. The Balaban J connectivity index is 2.32. The lowest BCUT2D eigenvalue weighted by Gasteiger charge is -2.36. The van der Waals surface area contributed by atoms with Gasteiger partial charge in [-0.15, -0.1) is 0 Å². The van der Waals surface area contributed by atoms with Crippen LogP contribution in [0.25, 0.3) is 0 Å². The zero-order valence-electron chi connectivity index (χ0n) is 11.6. The summed E-state index contributed by atoms with van der Waals surface area (Å²) in [6, 6.07) is 0. The molecule has 1 N–H and O–H groups in total. The Morgan fingerprint density at radius 1 is 1.06 bits per heavy atom. The Labute approximate surface area is 106 Å². The van der Waals surface area contributed by atoms with Crippen molar-refractivity contribution in [2.75, 3.05) is 37.7 Å². The minimum Gasteiger partial charge on any atom is -0.311 e. The predicted molar refractivity (Wildman–Crippen MR) is 75.3 cm³/mol. The van der Waals surface area contributed by atoms with Crippen molar-refractivity contribution in [2.24, 2.45) is 5.41 Å². The van der Waals surface area contributed by atoms with Gasteiger partial charge < -0.3 is 10.2 Å². The summed E-state index contributed by atoms with van der Waals surface area (Å²) in [4.78, 5) is 2.61. The molecule has 0 saturated carbocycles. The summed E-state index contributed by atoms with van der Waals surface area (Å²) in [5.41, 5.74) is 0.601. The summed E-state index contributed by atoms with van der Waals surface area (Å²) in [6.07, 6.45) is 0. The highest BCUT2D eigenvalue weighted by molar-refractivity contribution is 7.99. The normalized spacial score (nSPS) is 20.1. The molecule has 0 aromatic heterocycles. The molecule has 96 valence electrons. The van der Waals surface area contributed by atoms with E-state index < -0.39 is 0 Å². The van der Waals surface area contributed by atoms with Crippen LogP contribution in [0.1, 0.15) is 34.6 Å². The number of hydrogen-bond donors (Lipinski definition) is 1. The molecule has 0 amide bonds. The molecule has 0 aromatic carbocycles. The van der Waals surface area contributed by atoms with Crippen LogP contribution in [0.5, 0.6) is 0 Å². The maximum atomic E-state index is 3.62. The highest BCUT2D eigenvalue weighted by atomic mass is 32.2. The summed E-state index contributed by atoms with van der Waals surface area (Å²) >= 11 is 2.08. The van der Waals surface area contributed by atoms with E-state index in [1.807, 2.05) is 0 Å². The van der Waals surface area contributed by atoms with Crippen molar-refractivity contribution in [3.8, 4) is 0 Å². The number of hydrogen-bond acceptors (Lipinski definition) is 3. The first-order valence-electron chi connectivity index (χ1n) is 6.34. The molecule has 0 unspecified atom stereocenters. The molecule has 1 rings (SSSR count). The van der Waals surface area contributed by atoms with Crippen molar-refractivity contribution in [1.82, 2.24) is 10.2 Å². The average Bonchev–Trinajstić information content (AvgIpc) is 2.15. The van der Waals surface area contributed by atoms with E-state index in [1.54, 1.807) is 0 Å². The van der Waals surface area contributed by atoms with E-state index >= 15 is 0 Å². The molecule has 1 aliphatic rings. The fourth-order valence-corrected chi connectivity index (χ4v) is 2.90. The molecule has 2 nitrogen and oxygen atoms in total. The third kappa shape index (κ3) is 6.12. The number of nitrogens with one attached hydrogen (secondary N) is 1. The minimum atomic E-state index is 0.231. The van der Waals surface area contributed by atoms with Crippen LogP contribution in [0.4, 0.5) is 0 Å². The van der Waals surface area contributed by atoms with E-state index in [-0.39, 0.29) is 5.54 Å². The smallest absolute Gasteiger partial charge is 0.00967 e. The van der Waals surface area contributed by atoms with Crippen LogP contribution in [-0.2, 0) is 0 Å². The summed E-state index contributed by atoms with van der Waals surface area (Å²) in [7, 11) is 0. The van der Waals surface area contributed by atoms with Gasteiger partial charge in [-0.05, 0) is 26.2 Å². The molecule has 1 fully saturated rings. The molecule has 0 spiro atoms. The Kier molecular flexibility index (Phi) is 5.14. The van der Waals surface area contributed by atoms with Crippen LogP contribution in [0.2, 0.25) is 0 Å². The van der Waals surface area contributed by atoms with Crippen LogP contribution >= 0.6 is 11.8 Å². The lowest BCUT2D eigenvalue weighted by molar-refractivity contribution is 0.177. The summed E-state index contributed by atoms with van der Waals surface area (Å²) < 4.78 is 0. The van der Waals surface area contributed by atoms with Gasteiger partial charge in [0.2, 0.25) is 0 Å². The van der Waals surface area contributed by atoms with E-state index in [0.717, 1.165) is 6.54 Å². The van der Waals surface area contributed by atoms with Gasteiger partial charge in [-0.25, -0.2) is 0 Å². The molecule has 1 aliphatic heterocycles. The van der Waals surface area contributed by atoms with Crippen molar-refractivity contribution < 1.29 is 0 Å². The Morgan fingerprint density at radius 2 is 1.62 bits per heavy atom. The van der Waals surface area contributed by atoms with Crippen molar-refractivity contribution in [3.05, 3.63) is 0 Å². The Bertz CT molecular complexity index is 202. The number of thioether (sulfide) groups is 1. The largest absolute Gasteiger partial charge is 0.311 e. The summed E-state index contributed by atoms with van der Waals surface area (Å²) in [6.45, 7) is 16.3. The van der Waals surface area contributed by atoms with Crippen LogP contribution in [0, 0.1) is 5.41 Å². The highest BCUT2D eigenvalue weighted by Gasteiger charge is 2.24. The van der Waals surface area contributed by atoms with Gasteiger partial charge in [-0.1, -0.05) is 13.8 Å². The van der Waals surface area contributed by atoms with Crippen LogP contribution in [0.3, 0.4) is 0 Å². The fraction of sp³-hybridized carbons (Fsp3) is 1.00. The van der Waals surface area contributed by atoms with Gasteiger partial charge in [-0.3, -0.25) is 0 Å². The van der Waals surface area contributed by atoms with Gasteiger partial charge in [-0.2, -0.15) is 11.8 Å². The Morgan fingerprint density at radius 3 is 2.12 bits per heavy atom.